The van der Waals surface area contributed by atoms with Crippen molar-refractivity contribution in [2.45, 2.75) is 17.5 Å². The van der Waals surface area contributed by atoms with E-state index in [0.29, 0.717) is 0 Å². The lowest BCUT2D eigenvalue weighted by atomic mass is 10.2. The Balaban J connectivity index is 2.74. The number of primary amides is 1. The minimum Gasteiger partial charge on any atom is -0.366 e. The van der Waals surface area contributed by atoms with Crippen LogP contribution in [-0.2, 0) is 4.79 Å². The number of benzene rings is 1. The van der Waals surface area contributed by atoms with E-state index in [9.17, 15) is 32.9 Å². The molecule has 0 saturated heterocycles. The summed E-state index contributed by atoms with van der Waals surface area (Å²) < 4.78 is 36.4. The number of carbonyl (C=O) groups excluding carboxylic acids is 2. The van der Waals surface area contributed by atoms with Crippen LogP contribution in [0.4, 0.5) is 18.9 Å². The van der Waals surface area contributed by atoms with Gasteiger partial charge in [-0.25, -0.2) is 0 Å². The number of hydrogen-bond donors (Lipinski definition) is 1. The first kappa shape index (κ1) is 19.7. The Kier molecular flexibility index (Phi) is 6.58. The topological polar surface area (TPSA) is 107 Å². The van der Waals surface area contributed by atoms with Crippen molar-refractivity contribution in [2.75, 3.05) is 19.3 Å². The van der Waals surface area contributed by atoms with Crippen LogP contribution in [0.25, 0.3) is 0 Å². The van der Waals surface area contributed by atoms with Crippen LogP contribution in [0.15, 0.2) is 23.1 Å². The predicted octanol–water partition coefficient (Wildman–Crippen LogP) is 2.20. The third kappa shape index (κ3) is 6.07. The lowest BCUT2D eigenvalue weighted by Crippen LogP contribution is -2.31. The van der Waals surface area contributed by atoms with Gasteiger partial charge < -0.3 is 10.6 Å². The van der Waals surface area contributed by atoms with Crippen LogP contribution in [0.1, 0.15) is 16.8 Å². The average molecular weight is 365 g/mol. The van der Waals surface area contributed by atoms with E-state index in [1.54, 1.807) is 0 Å². The van der Waals surface area contributed by atoms with Gasteiger partial charge in [-0.05, 0) is 12.1 Å². The first-order valence-corrected chi connectivity index (χ1v) is 7.51. The van der Waals surface area contributed by atoms with Gasteiger partial charge in [0.15, 0.2) is 0 Å². The minimum absolute atomic E-state index is 0.0559. The summed E-state index contributed by atoms with van der Waals surface area (Å²) in [7, 11) is 1.22. The summed E-state index contributed by atoms with van der Waals surface area (Å²) in [5.74, 6) is -1.71. The molecule has 1 aromatic rings. The number of rotatable bonds is 7. The number of nitro benzene ring substituents is 1. The van der Waals surface area contributed by atoms with E-state index in [1.165, 1.54) is 19.2 Å². The Hall–Kier alpha value is -2.30. The van der Waals surface area contributed by atoms with E-state index < -0.39 is 41.6 Å². The van der Waals surface area contributed by atoms with Crippen molar-refractivity contribution in [3.05, 3.63) is 33.9 Å². The van der Waals surface area contributed by atoms with E-state index >= 15 is 0 Å². The fourth-order valence-corrected chi connectivity index (χ4v) is 2.55. The van der Waals surface area contributed by atoms with Crippen LogP contribution < -0.4 is 5.73 Å². The first-order chi connectivity index (χ1) is 11.0. The van der Waals surface area contributed by atoms with Crippen LogP contribution in [0.5, 0.6) is 0 Å². The number of hydrogen-bond acceptors (Lipinski definition) is 5. The molecule has 0 radical (unpaired) electrons. The van der Waals surface area contributed by atoms with Gasteiger partial charge in [-0.3, -0.25) is 19.7 Å². The average Bonchev–Trinajstić information content (AvgIpc) is 2.48. The van der Waals surface area contributed by atoms with Gasteiger partial charge in [0, 0.05) is 25.2 Å². The Labute approximate surface area is 139 Å². The van der Waals surface area contributed by atoms with Crippen LogP contribution in [0, 0.1) is 10.1 Å². The summed E-state index contributed by atoms with van der Waals surface area (Å²) in [5, 5.41) is 11.0. The third-order valence-corrected chi connectivity index (χ3v) is 4.00. The van der Waals surface area contributed by atoms with Crippen molar-refractivity contribution in [3.8, 4) is 0 Å². The maximum atomic E-state index is 12.1. The molecule has 1 rings (SSSR count). The van der Waals surface area contributed by atoms with Crippen molar-refractivity contribution in [1.82, 2.24) is 4.90 Å². The Bertz CT molecular complexity index is 652. The summed E-state index contributed by atoms with van der Waals surface area (Å²) in [5.41, 5.74) is 4.59. The summed E-state index contributed by atoms with van der Waals surface area (Å²) in [4.78, 5) is 34.1. The number of amides is 2. The molecule has 2 N–H and O–H groups in total. The second kappa shape index (κ2) is 7.99. The largest absolute Gasteiger partial charge is 0.390 e. The lowest BCUT2D eigenvalue weighted by Gasteiger charge is -2.17. The fraction of sp³-hybridized carbons (Fsp3) is 0.385. The highest BCUT2D eigenvalue weighted by atomic mass is 32.2. The molecule has 0 bridgehead atoms. The third-order valence-electron chi connectivity index (χ3n) is 2.95. The normalized spacial score (nSPS) is 11.2. The highest BCUT2D eigenvalue weighted by Gasteiger charge is 2.28. The molecular formula is C13H14F3N3O4S. The standard InChI is InChI=1S/C13H14F3N3O4S/c1-18(5-4-13(14,15)16)11(20)7-24-10-3-2-8(12(17)21)6-9(10)19(22)23/h2-3,6H,4-5,7H2,1H3,(H2,17,21). The number of halogens is 3. The van der Waals surface area contributed by atoms with E-state index in [-0.39, 0.29) is 16.2 Å². The number of nitrogens with two attached hydrogens (primary N) is 1. The van der Waals surface area contributed by atoms with Crippen molar-refractivity contribution in [2.24, 2.45) is 5.73 Å². The Morgan fingerprint density at radius 1 is 1.38 bits per heavy atom. The van der Waals surface area contributed by atoms with Crippen LogP contribution in [0.2, 0.25) is 0 Å². The molecule has 0 aliphatic heterocycles. The SMILES string of the molecule is CN(CCC(F)(F)F)C(=O)CSc1ccc(C(N)=O)cc1[N+](=O)[O-]. The van der Waals surface area contributed by atoms with Crippen LogP contribution >= 0.6 is 11.8 Å². The van der Waals surface area contributed by atoms with E-state index in [4.69, 9.17) is 5.73 Å². The summed E-state index contributed by atoms with van der Waals surface area (Å²) in [6, 6.07) is 3.53. The minimum atomic E-state index is -4.37. The molecule has 0 aliphatic carbocycles. The predicted molar refractivity (Wildman–Crippen MR) is 80.6 cm³/mol. The van der Waals surface area contributed by atoms with E-state index in [1.807, 2.05) is 0 Å². The molecule has 11 heteroatoms. The van der Waals surface area contributed by atoms with Gasteiger partial charge in [0.2, 0.25) is 11.8 Å². The molecule has 0 atom stereocenters. The Morgan fingerprint density at radius 2 is 2.00 bits per heavy atom. The van der Waals surface area contributed by atoms with Gasteiger partial charge in [-0.15, -0.1) is 11.8 Å². The second-order valence-corrected chi connectivity index (χ2v) is 5.79. The van der Waals surface area contributed by atoms with Gasteiger partial charge in [-0.2, -0.15) is 13.2 Å². The number of alkyl halides is 3. The number of nitrogens with zero attached hydrogens (tertiary/aromatic N) is 2. The van der Waals surface area contributed by atoms with Gasteiger partial charge in [-0.1, -0.05) is 0 Å². The molecular weight excluding hydrogens is 351 g/mol. The van der Waals surface area contributed by atoms with Gasteiger partial charge >= 0.3 is 6.18 Å². The van der Waals surface area contributed by atoms with E-state index in [2.05, 4.69) is 0 Å². The molecule has 7 nitrogen and oxygen atoms in total. The molecule has 0 fully saturated rings. The highest BCUT2D eigenvalue weighted by molar-refractivity contribution is 8.00. The smallest absolute Gasteiger partial charge is 0.366 e. The van der Waals surface area contributed by atoms with Gasteiger partial charge in [0.25, 0.3) is 5.69 Å². The van der Waals surface area contributed by atoms with Gasteiger partial charge in [0.05, 0.1) is 22.0 Å². The zero-order chi connectivity index (χ0) is 18.5. The molecule has 0 aromatic heterocycles. The molecule has 0 unspecified atom stereocenters. The van der Waals surface area contributed by atoms with Gasteiger partial charge in [0.1, 0.15) is 0 Å². The molecule has 0 spiro atoms. The lowest BCUT2D eigenvalue weighted by molar-refractivity contribution is -0.387. The maximum Gasteiger partial charge on any atom is 0.390 e. The maximum absolute atomic E-state index is 12.1. The Morgan fingerprint density at radius 3 is 2.50 bits per heavy atom. The molecule has 0 heterocycles. The molecule has 1 aromatic carbocycles. The van der Waals surface area contributed by atoms with Crippen LogP contribution in [-0.4, -0.2) is 47.2 Å². The zero-order valence-corrected chi connectivity index (χ0v) is 13.3. The van der Waals surface area contributed by atoms with E-state index in [0.717, 1.165) is 22.7 Å². The zero-order valence-electron chi connectivity index (χ0n) is 12.5. The molecule has 2 amide bonds. The number of thioether (sulfide) groups is 1. The van der Waals surface area contributed by atoms with Crippen molar-refractivity contribution < 1.29 is 27.7 Å². The summed E-state index contributed by atoms with van der Waals surface area (Å²) in [6.07, 6.45) is -5.50. The summed E-state index contributed by atoms with van der Waals surface area (Å²) in [6.45, 7) is -0.494. The molecule has 0 aliphatic rings. The highest BCUT2D eigenvalue weighted by Crippen LogP contribution is 2.30. The second-order valence-electron chi connectivity index (χ2n) is 4.77. The van der Waals surface area contributed by atoms with Crippen molar-refractivity contribution in [1.29, 1.82) is 0 Å². The molecule has 132 valence electrons. The summed E-state index contributed by atoms with van der Waals surface area (Å²) >= 11 is 0.799. The quantitative estimate of drug-likeness (QED) is 0.453. The molecule has 24 heavy (non-hydrogen) atoms. The van der Waals surface area contributed by atoms with Crippen molar-refractivity contribution >= 4 is 29.3 Å². The first-order valence-electron chi connectivity index (χ1n) is 6.53. The van der Waals surface area contributed by atoms with Crippen LogP contribution in [0.3, 0.4) is 0 Å². The number of carbonyl (C=O) groups is 2. The molecule has 0 saturated carbocycles. The number of nitro groups is 1. The fourth-order valence-electron chi connectivity index (χ4n) is 1.60. The monoisotopic (exact) mass is 365 g/mol. The van der Waals surface area contributed by atoms with Crippen molar-refractivity contribution in [3.63, 3.8) is 0 Å².